The van der Waals surface area contributed by atoms with Crippen LogP contribution in [0.25, 0.3) is 0 Å². The van der Waals surface area contributed by atoms with Crippen molar-refractivity contribution >= 4 is 10.2 Å². The van der Waals surface area contributed by atoms with Crippen LogP contribution in [0.3, 0.4) is 0 Å². The lowest BCUT2D eigenvalue weighted by atomic mass is 9.97. The van der Waals surface area contributed by atoms with E-state index in [2.05, 4.69) is 4.72 Å². The van der Waals surface area contributed by atoms with Crippen LogP contribution >= 0.6 is 0 Å². The van der Waals surface area contributed by atoms with Crippen molar-refractivity contribution < 1.29 is 13.5 Å². The van der Waals surface area contributed by atoms with E-state index < -0.39 is 10.2 Å². The van der Waals surface area contributed by atoms with E-state index in [1.807, 2.05) is 6.92 Å². The summed E-state index contributed by atoms with van der Waals surface area (Å²) in [7, 11) is -3.30. The molecule has 1 rings (SSSR count). The highest BCUT2D eigenvalue weighted by Gasteiger charge is 2.27. The van der Waals surface area contributed by atoms with Crippen LogP contribution in [0.5, 0.6) is 0 Å². The maximum absolute atomic E-state index is 11.8. The third-order valence-electron chi connectivity index (χ3n) is 2.89. The second kappa shape index (κ2) is 6.54. The molecule has 96 valence electrons. The lowest BCUT2D eigenvalue weighted by Gasteiger charge is -2.31. The zero-order valence-corrected chi connectivity index (χ0v) is 10.7. The molecule has 1 heterocycles. The first-order chi connectivity index (χ1) is 7.60. The standard InChI is InChI=1S/C10H22N2O3S/c1-2-6-11-16(14,15)12-7-3-4-10(9-12)5-8-13/h10-11,13H,2-9H2,1H3. The highest BCUT2D eigenvalue weighted by molar-refractivity contribution is 7.87. The topological polar surface area (TPSA) is 69.6 Å². The molecule has 1 saturated heterocycles. The summed E-state index contributed by atoms with van der Waals surface area (Å²) in [6.07, 6.45) is 3.39. The van der Waals surface area contributed by atoms with E-state index in [4.69, 9.17) is 5.11 Å². The number of piperidine rings is 1. The second-order valence-corrected chi connectivity index (χ2v) is 6.03. The lowest BCUT2D eigenvalue weighted by Crippen LogP contribution is -2.46. The van der Waals surface area contributed by atoms with Gasteiger partial charge in [0.05, 0.1) is 0 Å². The summed E-state index contributed by atoms with van der Waals surface area (Å²) in [6.45, 7) is 3.71. The van der Waals surface area contributed by atoms with Crippen LogP contribution in [0.15, 0.2) is 0 Å². The van der Waals surface area contributed by atoms with Crippen molar-refractivity contribution in [1.82, 2.24) is 9.03 Å². The maximum Gasteiger partial charge on any atom is 0.279 e. The molecule has 0 amide bonds. The summed E-state index contributed by atoms with van der Waals surface area (Å²) >= 11 is 0. The van der Waals surface area contributed by atoms with Gasteiger partial charge in [-0.3, -0.25) is 0 Å². The first-order valence-corrected chi connectivity index (χ1v) is 7.39. The highest BCUT2D eigenvalue weighted by Crippen LogP contribution is 2.20. The second-order valence-electron chi connectivity index (χ2n) is 4.28. The molecule has 1 aliphatic rings. The van der Waals surface area contributed by atoms with Crippen LogP contribution in [0, 0.1) is 5.92 Å². The predicted molar refractivity (Wildman–Crippen MR) is 63.2 cm³/mol. The van der Waals surface area contributed by atoms with Crippen molar-refractivity contribution in [3.8, 4) is 0 Å². The molecule has 16 heavy (non-hydrogen) atoms. The van der Waals surface area contributed by atoms with E-state index in [9.17, 15) is 8.42 Å². The Bertz CT molecular complexity index is 290. The van der Waals surface area contributed by atoms with Gasteiger partial charge in [0.25, 0.3) is 10.2 Å². The van der Waals surface area contributed by atoms with Crippen LogP contribution in [-0.2, 0) is 10.2 Å². The summed E-state index contributed by atoms with van der Waals surface area (Å²) in [6, 6.07) is 0. The first-order valence-electron chi connectivity index (χ1n) is 5.95. The molecular weight excluding hydrogens is 228 g/mol. The molecule has 1 aliphatic heterocycles. The summed E-state index contributed by atoms with van der Waals surface area (Å²) in [5.74, 6) is 0.303. The fourth-order valence-electron chi connectivity index (χ4n) is 1.99. The van der Waals surface area contributed by atoms with Gasteiger partial charge in [-0.25, -0.2) is 4.72 Å². The third kappa shape index (κ3) is 4.01. The van der Waals surface area contributed by atoms with E-state index in [0.29, 0.717) is 32.0 Å². The van der Waals surface area contributed by atoms with Gasteiger partial charge in [-0.15, -0.1) is 0 Å². The fourth-order valence-corrected chi connectivity index (χ4v) is 3.41. The summed E-state index contributed by atoms with van der Waals surface area (Å²) in [5.41, 5.74) is 0. The molecule has 5 nitrogen and oxygen atoms in total. The normalized spacial score (nSPS) is 23.5. The number of aliphatic hydroxyl groups excluding tert-OH is 1. The molecule has 0 radical (unpaired) electrons. The quantitative estimate of drug-likeness (QED) is 0.713. The van der Waals surface area contributed by atoms with E-state index >= 15 is 0 Å². The van der Waals surface area contributed by atoms with Crippen LogP contribution < -0.4 is 4.72 Å². The van der Waals surface area contributed by atoms with Crippen molar-refractivity contribution in [3.05, 3.63) is 0 Å². The lowest BCUT2D eigenvalue weighted by molar-refractivity contribution is 0.202. The molecule has 1 atom stereocenters. The van der Waals surface area contributed by atoms with Crippen molar-refractivity contribution in [2.75, 3.05) is 26.2 Å². The largest absolute Gasteiger partial charge is 0.396 e. The minimum absolute atomic E-state index is 0.140. The molecule has 1 unspecified atom stereocenters. The first kappa shape index (κ1) is 13.9. The molecule has 1 fully saturated rings. The summed E-state index contributed by atoms with van der Waals surface area (Å²) in [5, 5.41) is 8.87. The molecule has 2 N–H and O–H groups in total. The molecule has 0 aromatic heterocycles. The van der Waals surface area contributed by atoms with Gasteiger partial charge in [0, 0.05) is 26.2 Å². The molecule has 0 bridgehead atoms. The maximum atomic E-state index is 11.8. The molecule has 0 aromatic rings. The van der Waals surface area contributed by atoms with E-state index in [-0.39, 0.29) is 6.61 Å². The van der Waals surface area contributed by atoms with Crippen molar-refractivity contribution in [2.45, 2.75) is 32.6 Å². The Balaban J connectivity index is 2.52. The van der Waals surface area contributed by atoms with Crippen LogP contribution in [0.2, 0.25) is 0 Å². The molecule has 6 heteroatoms. The van der Waals surface area contributed by atoms with Gasteiger partial charge >= 0.3 is 0 Å². The number of nitrogens with one attached hydrogen (secondary N) is 1. The number of rotatable bonds is 6. The van der Waals surface area contributed by atoms with Crippen LogP contribution in [0.1, 0.15) is 32.6 Å². The minimum atomic E-state index is -3.30. The Morgan fingerprint density at radius 3 is 2.88 bits per heavy atom. The molecule has 0 aromatic carbocycles. The van der Waals surface area contributed by atoms with Gasteiger partial charge in [-0.1, -0.05) is 6.92 Å². The zero-order valence-electron chi connectivity index (χ0n) is 9.85. The summed E-state index contributed by atoms with van der Waals surface area (Å²) < 4.78 is 27.8. The van der Waals surface area contributed by atoms with Crippen molar-refractivity contribution in [2.24, 2.45) is 5.92 Å². The fraction of sp³-hybridized carbons (Fsp3) is 1.00. The number of hydrogen-bond donors (Lipinski definition) is 2. The van der Waals surface area contributed by atoms with Crippen molar-refractivity contribution in [1.29, 1.82) is 0 Å². The number of nitrogens with zero attached hydrogens (tertiary/aromatic N) is 1. The Kier molecular flexibility index (Phi) is 5.68. The predicted octanol–water partition coefficient (Wildman–Crippen LogP) is 0.325. The van der Waals surface area contributed by atoms with Gasteiger partial charge in [-0.2, -0.15) is 12.7 Å². The average molecular weight is 250 g/mol. The van der Waals surface area contributed by atoms with Gasteiger partial charge < -0.3 is 5.11 Å². The monoisotopic (exact) mass is 250 g/mol. The van der Waals surface area contributed by atoms with Gasteiger partial charge in [0.15, 0.2) is 0 Å². The number of hydrogen-bond acceptors (Lipinski definition) is 3. The van der Waals surface area contributed by atoms with E-state index in [1.165, 1.54) is 4.31 Å². The minimum Gasteiger partial charge on any atom is -0.396 e. The van der Waals surface area contributed by atoms with Gasteiger partial charge in [0.1, 0.15) is 0 Å². The number of aliphatic hydroxyl groups is 1. The Labute approximate surface area is 98.0 Å². The molecule has 0 aliphatic carbocycles. The zero-order chi connectivity index (χ0) is 12.0. The SMILES string of the molecule is CCCNS(=O)(=O)N1CCCC(CCO)C1. The Morgan fingerprint density at radius 1 is 1.50 bits per heavy atom. The van der Waals surface area contributed by atoms with Crippen LogP contribution in [0.4, 0.5) is 0 Å². The third-order valence-corrected chi connectivity index (χ3v) is 4.47. The van der Waals surface area contributed by atoms with Gasteiger partial charge in [0.2, 0.25) is 0 Å². The molecule has 0 spiro atoms. The van der Waals surface area contributed by atoms with E-state index in [0.717, 1.165) is 19.3 Å². The van der Waals surface area contributed by atoms with Crippen LogP contribution in [-0.4, -0.2) is 44.1 Å². The summed E-state index contributed by atoms with van der Waals surface area (Å²) in [4.78, 5) is 0. The van der Waals surface area contributed by atoms with Crippen molar-refractivity contribution in [3.63, 3.8) is 0 Å². The average Bonchev–Trinajstić information content (AvgIpc) is 2.27. The highest BCUT2D eigenvalue weighted by atomic mass is 32.2. The smallest absolute Gasteiger partial charge is 0.279 e. The molecule has 0 saturated carbocycles. The van der Waals surface area contributed by atoms with E-state index in [1.54, 1.807) is 0 Å². The van der Waals surface area contributed by atoms with Gasteiger partial charge in [-0.05, 0) is 31.6 Å². The Hall–Kier alpha value is -0.170. The molecular formula is C10H22N2O3S. The Morgan fingerprint density at radius 2 is 2.25 bits per heavy atom.